The van der Waals surface area contributed by atoms with Crippen molar-refractivity contribution in [2.24, 2.45) is 0 Å². The first kappa shape index (κ1) is 11.9. The molecule has 4 heteroatoms. The summed E-state index contributed by atoms with van der Waals surface area (Å²) in [6, 6.07) is 2.00. The fourth-order valence-corrected chi connectivity index (χ4v) is 1.30. The van der Waals surface area contributed by atoms with E-state index in [1.54, 1.807) is 0 Å². The zero-order valence-corrected chi connectivity index (χ0v) is 10.0. The van der Waals surface area contributed by atoms with Crippen LogP contribution in [0.5, 0.6) is 0 Å². The Morgan fingerprint density at radius 3 is 2.60 bits per heavy atom. The van der Waals surface area contributed by atoms with Crippen molar-refractivity contribution in [3.05, 3.63) is 17.6 Å². The molecule has 1 heterocycles. The Hall–Kier alpha value is -1.16. The van der Waals surface area contributed by atoms with Crippen molar-refractivity contribution in [1.82, 2.24) is 14.9 Å². The second-order valence-electron chi connectivity index (χ2n) is 3.82. The lowest BCUT2D eigenvalue weighted by Crippen LogP contribution is -2.17. The quantitative estimate of drug-likeness (QED) is 0.789. The van der Waals surface area contributed by atoms with Gasteiger partial charge in [0.15, 0.2) is 0 Å². The lowest BCUT2D eigenvalue weighted by molar-refractivity contribution is 0.409. The number of hydrogen-bond donors (Lipinski definition) is 1. The molecule has 0 fully saturated rings. The summed E-state index contributed by atoms with van der Waals surface area (Å²) in [4.78, 5) is 11.1. The van der Waals surface area contributed by atoms with Crippen LogP contribution in [0.4, 0.5) is 5.82 Å². The molecule has 0 aliphatic heterocycles. The Kier molecular flexibility index (Phi) is 4.49. The summed E-state index contributed by atoms with van der Waals surface area (Å²) in [6.45, 7) is 3.09. The highest BCUT2D eigenvalue weighted by molar-refractivity contribution is 5.35. The van der Waals surface area contributed by atoms with Gasteiger partial charge < -0.3 is 10.2 Å². The predicted octanol–water partition coefficient (Wildman–Crippen LogP) is 1.18. The Morgan fingerprint density at radius 2 is 2.07 bits per heavy atom. The fraction of sp³-hybridized carbons (Fsp3) is 0.636. The SMILES string of the molecule is CCc1cc(NC)nc(CCN(C)C)n1. The van der Waals surface area contributed by atoms with E-state index in [4.69, 9.17) is 0 Å². The molecule has 0 radical (unpaired) electrons. The number of nitrogens with zero attached hydrogens (tertiary/aromatic N) is 3. The van der Waals surface area contributed by atoms with E-state index in [-0.39, 0.29) is 0 Å². The molecule has 0 unspecified atom stereocenters. The van der Waals surface area contributed by atoms with Crippen molar-refractivity contribution in [2.45, 2.75) is 19.8 Å². The molecule has 1 aromatic rings. The fourth-order valence-electron chi connectivity index (χ4n) is 1.30. The van der Waals surface area contributed by atoms with Crippen molar-refractivity contribution in [1.29, 1.82) is 0 Å². The molecule has 15 heavy (non-hydrogen) atoms. The van der Waals surface area contributed by atoms with Gasteiger partial charge in [0, 0.05) is 31.8 Å². The van der Waals surface area contributed by atoms with Gasteiger partial charge in [-0.1, -0.05) is 6.92 Å². The van der Waals surface area contributed by atoms with Gasteiger partial charge in [-0.05, 0) is 20.5 Å². The average Bonchev–Trinajstić information content (AvgIpc) is 2.25. The van der Waals surface area contributed by atoms with Crippen molar-refractivity contribution in [3.63, 3.8) is 0 Å². The van der Waals surface area contributed by atoms with Crippen LogP contribution in [0.3, 0.4) is 0 Å². The second kappa shape index (κ2) is 5.66. The first-order valence-corrected chi connectivity index (χ1v) is 5.35. The maximum absolute atomic E-state index is 4.49. The van der Waals surface area contributed by atoms with Gasteiger partial charge >= 0.3 is 0 Å². The van der Waals surface area contributed by atoms with Gasteiger partial charge in [-0.25, -0.2) is 9.97 Å². The number of aromatic nitrogens is 2. The first-order chi connectivity index (χ1) is 7.15. The van der Waals surface area contributed by atoms with Crippen LogP contribution in [0.25, 0.3) is 0 Å². The minimum absolute atomic E-state index is 0.898. The van der Waals surface area contributed by atoms with Gasteiger partial charge in [-0.3, -0.25) is 0 Å². The summed E-state index contributed by atoms with van der Waals surface area (Å²) < 4.78 is 0. The van der Waals surface area contributed by atoms with Gasteiger partial charge in [0.2, 0.25) is 0 Å². The average molecular weight is 208 g/mol. The minimum atomic E-state index is 0.898. The van der Waals surface area contributed by atoms with Crippen LogP contribution >= 0.6 is 0 Å². The molecular weight excluding hydrogens is 188 g/mol. The predicted molar refractivity (Wildman–Crippen MR) is 63.2 cm³/mol. The minimum Gasteiger partial charge on any atom is -0.373 e. The standard InChI is InChI=1S/C11H20N4/c1-5-9-8-11(12-2)14-10(13-9)6-7-15(3)4/h8H,5-7H2,1-4H3,(H,12,13,14). The lowest BCUT2D eigenvalue weighted by Gasteiger charge is -2.10. The van der Waals surface area contributed by atoms with Crippen LogP contribution in [-0.4, -0.2) is 42.6 Å². The summed E-state index contributed by atoms with van der Waals surface area (Å²) in [6.07, 6.45) is 1.85. The van der Waals surface area contributed by atoms with Crippen LogP contribution in [0.2, 0.25) is 0 Å². The van der Waals surface area contributed by atoms with E-state index in [1.165, 1.54) is 0 Å². The summed E-state index contributed by atoms with van der Waals surface area (Å²) >= 11 is 0. The van der Waals surface area contributed by atoms with E-state index in [2.05, 4.69) is 41.2 Å². The van der Waals surface area contributed by atoms with Crippen LogP contribution in [0, 0.1) is 0 Å². The van der Waals surface area contributed by atoms with Gasteiger partial charge in [0.05, 0.1) is 0 Å². The van der Waals surface area contributed by atoms with Gasteiger partial charge in [-0.15, -0.1) is 0 Å². The van der Waals surface area contributed by atoms with E-state index in [0.29, 0.717) is 0 Å². The lowest BCUT2D eigenvalue weighted by atomic mass is 10.3. The largest absolute Gasteiger partial charge is 0.373 e. The summed E-state index contributed by atoms with van der Waals surface area (Å²) in [5.41, 5.74) is 1.10. The summed E-state index contributed by atoms with van der Waals surface area (Å²) in [5.74, 6) is 1.84. The zero-order chi connectivity index (χ0) is 11.3. The zero-order valence-electron chi connectivity index (χ0n) is 10.0. The Labute approximate surface area is 91.7 Å². The molecule has 0 aliphatic carbocycles. The smallest absolute Gasteiger partial charge is 0.132 e. The second-order valence-corrected chi connectivity index (χ2v) is 3.82. The highest BCUT2D eigenvalue weighted by Crippen LogP contribution is 2.07. The maximum atomic E-state index is 4.49. The van der Waals surface area contributed by atoms with E-state index in [0.717, 1.165) is 36.7 Å². The molecule has 4 nitrogen and oxygen atoms in total. The Bertz CT molecular complexity index is 287. The van der Waals surface area contributed by atoms with E-state index in [9.17, 15) is 0 Å². The van der Waals surface area contributed by atoms with Crippen molar-refractivity contribution in [3.8, 4) is 0 Å². The molecule has 1 aromatic heterocycles. The van der Waals surface area contributed by atoms with Gasteiger partial charge in [0.25, 0.3) is 0 Å². The summed E-state index contributed by atoms with van der Waals surface area (Å²) in [7, 11) is 6.00. The van der Waals surface area contributed by atoms with E-state index >= 15 is 0 Å². The van der Waals surface area contributed by atoms with E-state index < -0.39 is 0 Å². The Balaban J connectivity index is 2.77. The molecule has 0 amide bonds. The molecule has 0 bridgehead atoms. The number of rotatable bonds is 5. The third-order valence-electron chi connectivity index (χ3n) is 2.23. The molecular formula is C11H20N4. The molecule has 0 atom stereocenters. The third-order valence-corrected chi connectivity index (χ3v) is 2.23. The van der Waals surface area contributed by atoms with Crippen molar-refractivity contribution in [2.75, 3.05) is 33.0 Å². The number of likely N-dealkylation sites (N-methyl/N-ethyl adjacent to an activating group) is 1. The van der Waals surface area contributed by atoms with Crippen molar-refractivity contribution >= 4 is 5.82 Å². The molecule has 0 aromatic carbocycles. The highest BCUT2D eigenvalue weighted by atomic mass is 15.1. The number of nitrogens with one attached hydrogen (secondary N) is 1. The summed E-state index contributed by atoms with van der Waals surface area (Å²) in [5, 5.41) is 3.06. The molecule has 1 N–H and O–H groups in total. The van der Waals surface area contributed by atoms with Crippen LogP contribution < -0.4 is 5.32 Å². The normalized spacial score (nSPS) is 10.7. The molecule has 1 rings (SSSR count). The van der Waals surface area contributed by atoms with Crippen LogP contribution in [0.1, 0.15) is 18.4 Å². The molecule has 0 aliphatic rings. The number of aryl methyl sites for hydroxylation is 1. The number of anilines is 1. The molecule has 0 saturated heterocycles. The molecule has 0 spiro atoms. The highest BCUT2D eigenvalue weighted by Gasteiger charge is 2.03. The van der Waals surface area contributed by atoms with Crippen LogP contribution in [0.15, 0.2) is 6.07 Å². The van der Waals surface area contributed by atoms with E-state index in [1.807, 2.05) is 13.1 Å². The van der Waals surface area contributed by atoms with Gasteiger partial charge in [0.1, 0.15) is 11.6 Å². The Morgan fingerprint density at radius 1 is 1.33 bits per heavy atom. The molecule has 84 valence electrons. The van der Waals surface area contributed by atoms with Gasteiger partial charge in [-0.2, -0.15) is 0 Å². The maximum Gasteiger partial charge on any atom is 0.132 e. The monoisotopic (exact) mass is 208 g/mol. The third kappa shape index (κ3) is 3.83. The topological polar surface area (TPSA) is 41.1 Å². The molecule has 0 saturated carbocycles. The van der Waals surface area contributed by atoms with Crippen LogP contribution in [-0.2, 0) is 12.8 Å². The number of hydrogen-bond acceptors (Lipinski definition) is 4. The van der Waals surface area contributed by atoms with Crippen molar-refractivity contribution < 1.29 is 0 Å². The first-order valence-electron chi connectivity index (χ1n) is 5.35.